The van der Waals surface area contributed by atoms with E-state index >= 15 is 0 Å². The molecule has 1 saturated carbocycles. The molecule has 1 fully saturated rings. The summed E-state index contributed by atoms with van der Waals surface area (Å²) < 4.78 is 38.2. The van der Waals surface area contributed by atoms with Gasteiger partial charge < -0.3 is 19.9 Å². The van der Waals surface area contributed by atoms with Crippen LogP contribution >= 0.6 is 0 Å². The van der Waals surface area contributed by atoms with Gasteiger partial charge in [-0.1, -0.05) is 6.42 Å². The molecular weight excluding hydrogens is 313 g/mol. The van der Waals surface area contributed by atoms with Gasteiger partial charge in [0.25, 0.3) is 0 Å². The highest BCUT2D eigenvalue weighted by atomic mass is 19.4. The fourth-order valence-electron chi connectivity index (χ4n) is 2.80. The third-order valence-electron chi connectivity index (χ3n) is 4.02. The van der Waals surface area contributed by atoms with E-state index in [2.05, 4.69) is 10.3 Å². The number of nitrogens with one attached hydrogen (secondary N) is 1. The Hall–Kier alpha value is -1.77. The Morgan fingerprint density at radius 2 is 2.26 bits per heavy atom. The first-order valence-electron chi connectivity index (χ1n) is 7.50. The molecule has 1 aromatic rings. The van der Waals surface area contributed by atoms with Crippen LogP contribution in [0.1, 0.15) is 25.1 Å². The van der Waals surface area contributed by atoms with Gasteiger partial charge in [-0.15, -0.1) is 0 Å². The lowest BCUT2D eigenvalue weighted by Gasteiger charge is -2.23. The summed E-state index contributed by atoms with van der Waals surface area (Å²) >= 11 is 0. The molecule has 2 atom stereocenters. The summed E-state index contributed by atoms with van der Waals surface area (Å²) in [5.74, 6) is 0.197. The summed E-state index contributed by atoms with van der Waals surface area (Å²) in [5.41, 5.74) is 0. The van der Waals surface area contributed by atoms with Gasteiger partial charge in [-0.05, 0) is 12.8 Å². The highest BCUT2D eigenvalue weighted by molar-refractivity contribution is 5.73. The van der Waals surface area contributed by atoms with Gasteiger partial charge in [0.2, 0.25) is 0 Å². The second-order valence-electron chi connectivity index (χ2n) is 5.88. The molecule has 2 N–H and O–H groups in total. The molecule has 1 aliphatic rings. The lowest BCUT2D eigenvalue weighted by atomic mass is 10.1. The van der Waals surface area contributed by atoms with E-state index in [4.69, 9.17) is 0 Å². The molecule has 2 rings (SSSR count). The highest BCUT2D eigenvalue weighted by Crippen LogP contribution is 2.26. The molecule has 6 nitrogen and oxygen atoms in total. The molecule has 0 bridgehead atoms. The summed E-state index contributed by atoms with van der Waals surface area (Å²) in [4.78, 5) is 17.3. The van der Waals surface area contributed by atoms with E-state index in [9.17, 15) is 23.1 Å². The Morgan fingerprint density at radius 3 is 2.87 bits per heavy atom. The van der Waals surface area contributed by atoms with Crippen molar-refractivity contribution in [3.63, 3.8) is 0 Å². The van der Waals surface area contributed by atoms with Crippen molar-refractivity contribution in [3.8, 4) is 0 Å². The van der Waals surface area contributed by atoms with E-state index in [1.807, 2.05) is 0 Å². The number of amides is 2. The molecular formula is C14H21F3N4O2. The van der Waals surface area contributed by atoms with Crippen molar-refractivity contribution in [2.75, 3.05) is 13.6 Å². The van der Waals surface area contributed by atoms with Gasteiger partial charge in [0, 0.05) is 31.9 Å². The van der Waals surface area contributed by atoms with Gasteiger partial charge in [0.1, 0.15) is 12.4 Å². The Kier molecular flexibility index (Phi) is 5.51. The largest absolute Gasteiger partial charge is 0.406 e. The van der Waals surface area contributed by atoms with E-state index in [1.165, 1.54) is 17.3 Å². The lowest BCUT2D eigenvalue weighted by molar-refractivity contribution is -0.141. The molecule has 23 heavy (non-hydrogen) atoms. The molecule has 9 heteroatoms. The number of nitrogens with zero attached hydrogens (tertiary/aromatic N) is 3. The zero-order valence-corrected chi connectivity index (χ0v) is 12.9. The van der Waals surface area contributed by atoms with Crippen LogP contribution in [0, 0.1) is 5.92 Å². The van der Waals surface area contributed by atoms with Crippen molar-refractivity contribution in [1.29, 1.82) is 0 Å². The van der Waals surface area contributed by atoms with Crippen molar-refractivity contribution >= 4 is 6.03 Å². The molecule has 0 spiro atoms. The molecule has 0 radical (unpaired) electrons. The smallest absolute Gasteiger partial charge is 0.393 e. The number of carbonyl (C=O) groups is 1. The normalized spacial score (nSPS) is 21.4. The third kappa shape index (κ3) is 5.12. The van der Waals surface area contributed by atoms with Crippen molar-refractivity contribution in [2.24, 2.45) is 5.92 Å². The van der Waals surface area contributed by atoms with Gasteiger partial charge in [-0.25, -0.2) is 9.78 Å². The highest BCUT2D eigenvalue weighted by Gasteiger charge is 2.29. The molecule has 0 aliphatic heterocycles. The zero-order valence-electron chi connectivity index (χ0n) is 12.9. The number of aromatic nitrogens is 2. The minimum absolute atomic E-state index is 0.0537. The van der Waals surface area contributed by atoms with Crippen LogP contribution in [-0.4, -0.2) is 51.5 Å². The number of urea groups is 1. The molecule has 130 valence electrons. The Morgan fingerprint density at radius 1 is 1.52 bits per heavy atom. The fourth-order valence-corrected chi connectivity index (χ4v) is 2.80. The lowest BCUT2D eigenvalue weighted by Crippen LogP contribution is -2.41. The summed E-state index contributed by atoms with van der Waals surface area (Å²) in [6.07, 6.45) is 0.324. The molecule has 2 amide bonds. The average molecular weight is 334 g/mol. The standard InChI is InChI=1S/C14H21F3N4O2/c1-20(8-10-3-2-4-11(10)22)13(23)19-7-12-18-5-6-21(12)9-14(15,16)17/h5-6,10-11,22H,2-4,7-9H2,1H3,(H,19,23)/t10-,11-/m1/s1. The molecule has 0 saturated heterocycles. The second kappa shape index (κ2) is 7.20. The number of carbonyl (C=O) groups excluding carboxylic acids is 1. The van der Waals surface area contributed by atoms with Crippen LogP contribution in [0.2, 0.25) is 0 Å². The van der Waals surface area contributed by atoms with Crippen molar-refractivity contribution < 1.29 is 23.1 Å². The number of hydrogen-bond acceptors (Lipinski definition) is 3. The zero-order chi connectivity index (χ0) is 17.0. The molecule has 1 aromatic heterocycles. The van der Waals surface area contributed by atoms with E-state index in [1.54, 1.807) is 7.05 Å². The minimum atomic E-state index is -4.34. The number of aliphatic hydroxyl groups is 1. The molecule has 0 unspecified atom stereocenters. The quantitative estimate of drug-likeness (QED) is 0.862. The topological polar surface area (TPSA) is 70.4 Å². The Bertz CT molecular complexity index is 532. The number of hydrogen-bond donors (Lipinski definition) is 2. The third-order valence-corrected chi connectivity index (χ3v) is 4.02. The summed E-state index contributed by atoms with van der Waals surface area (Å²) in [5, 5.41) is 12.3. The van der Waals surface area contributed by atoms with Crippen LogP contribution in [0.15, 0.2) is 12.4 Å². The van der Waals surface area contributed by atoms with Crippen molar-refractivity contribution in [2.45, 2.75) is 44.6 Å². The summed E-state index contributed by atoms with van der Waals surface area (Å²) in [7, 11) is 1.60. The van der Waals surface area contributed by atoms with Crippen LogP contribution in [0.5, 0.6) is 0 Å². The first-order chi connectivity index (χ1) is 10.8. The van der Waals surface area contributed by atoms with E-state index in [-0.39, 0.29) is 18.3 Å². The maximum absolute atomic E-state index is 12.4. The maximum Gasteiger partial charge on any atom is 0.406 e. The second-order valence-corrected chi connectivity index (χ2v) is 5.88. The van der Waals surface area contributed by atoms with E-state index in [0.717, 1.165) is 23.8 Å². The van der Waals surface area contributed by atoms with Gasteiger partial charge in [-0.3, -0.25) is 0 Å². The number of rotatable bonds is 5. The van der Waals surface area contributed by atoms with Gasteiger partial charge in [0.15, 0.2) is 0 Å². The van der Waals surface area contributed by atoms with Crippen LogP contribution in [0.25, 0.3) is 0 Å². The van der Waals surface area contributed by atoms with Gasteiger partial charge in [-0.2, -0.15) is 13.2 Å². The van der Waals surface area contributed by atoms with Crippen LogP contribution < -0.4 is 5.32 Å². The van der Waals surface area contributed by atoms with Crippen LogP contribution in [-0.2, 0) is 13.1 Å². The van der Waals surface area contributed by atoms with Gasteiger partial charge >= 0.3 is 12.2 Å². The fraction of sp³-hybridized carbons (Fsp3) is 0.714. The Labute approximate surface area is 132 Å². The molecule has 1 heterocycles. The van der Waals surface area contributed by atoms with Gasteiger partial charge in [0.05, 0.1) is 12.6 Å². The molecule has 1 aliphatic carbocycles. The van der Waals surface area contributed by atoms with Crippen LogP contribution in [0.4, 0.5) is 18.0 Å². The first-order valence-corrected chi connectivity index (χ1v) is 7.50. The summed E-state index contributed by atoms with van der Waals surface area (Å²) in [6, 6.07) is -0.398. The maximum atomic E-state index is 12.4. The van der Waals surface area contributed by atoms with Crippen molar-refractivity contribution in [3.05, 3.63) is 18.2 Å². The average Bonchev–Trinajstić information content (AvgIpc) is 3.04. The number of aliphatic hydroxyl groups excluding tert-OH is 1. The predicted molar refractivity (Wildman–Crippen MR) is 76.5 cm³/mol. The number of halogens is 3. The minimum Gasteiger partial charge on any atom is -0.393 e. The predicted octanol–water partition coefficient (Wildman–Crippen LogP) is 1.75. The monoisotopic (exact) mass is 334 g/mol. The van der Waals surface area contributed by atoms with E-state index < -0.39 is 24.9 Å². The van der Waals surface area contributed by atoms with Crippen molar-refractivity contribution in [1.82, 2.24) is 19.8 Å². The summed E-state index contributed by atoms with van der Waals surface area (Å²) in [6.45, 7) is -0.800. The Balaban J connectivity index is 1.83. The SMILES string of the molecule is CN(C[C@H]1CCC[C@H]1O)C(=O)NCc1nccn1CC(F)(F)F. The van der Waals surface area contributed by atoms with E-state index in [0.29, 0.717) is 6.54 Å². The van der Waals surface area contributed by atoms with Crippen LogP contribution in [0.3, 0.4) is 0 Å². The number of imidazole rings is 1. The first kappa shape index (κ1) is 17.6. The molecule has 0 aromatic carbocycles. The number of alkyl halides is 3.